The molecule has 0 amide bonds. The second-order valence-electron chi connectivity index (χ2n) is 6.81. The molecule has 1 atom stereocenters. The van der Waals surface area contributed by atoms with E-state index < -0.39 is 0 Å². The van der Waals surface area contributed by atoms with E-state index in [0.717, 1.165) is 68.0 Å². The molecule has 1 aromatic heterocycles. The fraction of sp³-hybridized carbons (Fsp3) is 0.500. The Balaban J connectivity index is 1.54. The summed E-state index contributed by atoms with van der Waals surface area (Å²) in [6.07, 6.45) is 7.63. The number of nitrogens with one attached hydrogen (secondary N) is 2. The van der Waals surface area contributed by atoms with E-state index in [0.29, 0.717) is 6.04 Å². The number of rotatable bonds is 8. The molecule has 152 valence electrons. The summed E-state index contributed by atoms with van der Waals surface area (Å²) < 4.78 is 7.57. The monoisotopic (exact) mass is 404 g/mol. The van der Waals surface area contributed by atoms with Gasteiger partial charge in [0.25, 0.3) is 0 Å². The Labute approximate surface area is 171 Å². The highest BCUT2D eigenvalue weighted by Crippen LogP contribution is 2.33. The van der Waals surface area contributed by atoms with E-state index in [4.69, 9.17) is 21.3 Å². The Bertz CT molecular complexity index is 764. The average molecular weight is 405 g/mol. The van der Waals surface area contributed by atoms with Gasteiger partial charge in [0.2, 0.25) is 0 Å². The summed E-state index contributed by atoms with van der Waals surface area (Å²) in [4.78, 5) is 11.1. The van der Waals surface area contributed by atoms with Gasteiger partial charge in [-0.1, -0.05) is 11.6 Å². The number of aromatic nitrogens is 2. The van der Waals surface area contributed by atoms with E-state index in [1.165, 1.54) is 0 Å². The number of anilines is 1. The number of hydrogen-bond acceptors (Lipinski definition) is 4. The van der Waals surface area contributed by atoms with Crippen molar-refractivity contribution < 1.29 is 4.74 Å². The molecule has 2 heterocycles. The molecule has 1 aromatic carbocycles. The molecule has 0 aliphatic carbocycles. The number of methoxy groups -OCH3 is 1. The first-order chi connectivity index (χ1) is 13.7. The number of halogens is 1. The number of guanidine groups is 1. The summed E-state index contributed by atoms with van der Waals surface area (Å²) in [5.74, 6) is 1.73. The van der Waals surface area contributed by atoms with Gasteiger partial charge in [-0.2, -0.15) is 0 Å². The topological polar surface area (TPSA) is 66.7 Å². The Hall–Kier alpha value is -2.41. The quantitative estimate of drug-likeness (QED) is 0.402. The van der Waals surface area contributed by atoms with Gasteiger partial charge in [0.15, 0.2) is 5.96 Å². The Morgan fingerprint density at radius 2 is 2.32 bits per heavy atom. The predicted octanol–water partition coefficient (Wildman–Crippen LogP) is 2.77. The molecule has 28 heavy (non-hydrogen) atoms. The lowest BCUT2D eigenvalue weighted by Gasteiger charge is -2.22. The van der Waals surface area contributed by atoms with Crippen LogP contribution in [0.2, 0.25) is 5.02 Å². The van der Waals surface area contributed by atoms with Crippen LogP contribution in [-0.2, 0) is 6.54 Å². The van der Waals surface area contributed by atoms with Crippen molar-refractivity contribution in [2.45, 2.75) is 32.4 Å². The minimum Gasteiger partial charge on any atom is -0.495 e. The molecule has 2 N–H and O–H groups in total. The van der Waals surface area contributed by atoms with E-state index >= 15 is 0 Å². The van der Waals surface area contributed by atoms with Crippen LogP contribution < -0.4 is 20.3 Å². The van der Waals surface area contributed by atoms with Crippen LogP contribution in [0.5, 0.6) is 5.75 Å². The maximum absolute atomic E-state index is 6.19. The average Bonchev–Trinajstić information content (AvgIpc) is 3.37. The lowest BCUT2D eigenvalue weighted by Crippen LogP contribution is -2.44. The summed E-state index contributed by atoms with van der Waals surface area (Å²) >= 11 is 6.19. The maximum atomic E-state index is 6.19. The largest absolute Gasteiger partial charge is 0.495 e. The molecule has 1 saturated heterocycles. The van der Waals surface area contributed by atoms with Crippen LogP contribution >= 0.6 is 11.6 Å². The fourth-order valence-electron chi connectivity index (χ4n) is 3.38. The first-order valence-electron chi connectivity index (χ1n) is 9.78. The standard InChI is InChI=1S/C20H29ClN6O/c1-3-23-20(24-8-4-10-26-12-9-22-15-26)25-17-7-11-27(14-17)18-13-16(21)5-6-19(18)28-2/h5-6,9,12-13,15,17H,3-4,7-8,10-11,14H2,1-2H3,(H2,23,24,25). The van der Waals surface area contributed by atoms with Crippen molar-refractivity contribution in [1.82, 2.24) is 20.2 Å². The third-order valence-corrected chi connectivity index (χ3v) is 4.99. The number of aliphatic imine (C=N–C) groups is 1. The Morgan fingerprint density at radius 3 is 3.07 bits per heavy atom. The molecule has 0 radical (unpaired) electrons. The zero-order chi connectivity index (χ0) is 19.8. The van der Waals surface area contributed by atoms with Crippen LogP contribution in [0.25, 0.3) is 0 Å². The lowest BCUT2D eigenvalue weighted by molar-refractivity contribution is 0.415. The summed E-state index contributed by atoms with van der Waals surface area (Å²) in [6.45, 7) is 6.46. The third kappa shape index (κ3) is 5.55. The van der Waals surface area contributed by atoms with Gasteiger partial charge >= 0.3 is 0 Å². The summed E-state index contributed by atoms with van der Waals surface area (Å²) in [6, 6.07) is 6.08. The zero-order valence-electron chi connectivity index (χ0n) is 16.6. The molecule has 1 fully saturated rings. The normalized spacial score (nSPS) is 17.0. The number of hydrogen-bond donors (Lipinski definition) is 2. The van der Waals surface area contributed by atoms with Crippen molar-refractivity contribution in [1.29, 1.82) is 0 Å². The van der Waals surface area contributed by atoms with Gasteiger partial charge < -0.3 is 24.8 Å². The van der Waals surface area contributed by atoms with Crippen LogP contribution in [0.1, 0.15) is 19.8 Å². The van der Waals surface area contributed by atoms with Gasteiger partial charge in [0, 0.05) is 56.2 Å². The van der Waals surface area contributed by atoms with Crippen LogP contribution in [0, 0.1) is 0 Å². The highest BCUT2D eigenvalue weighted by molar-refractivity contribution is 6.30. The number of imidazole rings is 1. The summed E-state index contributed by atoms with van der Waals surface area (Å²) in [5.41, 5.74) is 1.04. The zero-order valence-corrected chi connectivity index (χ0v) is 17.3. The first-order valence-corrected chi connectivity index (χ1v) is 10.2. The minimum absolute atomic E-state index is 0.329. The highest BCUT2D eigenvalue weighted by atomic mass is 35.5. The molecule has 0 spiro atoms. The van der Waals surface area contributed by atoms with Gasteiger partial charge in [-0.15, -0.1) is 0 Å². The van der Waals surface area contributed by atoms with Crippen molar-refractivity contribution in [3.8, 4) is 5.75 Å². The lowest BCUT2D eigenvalue weighted by atomic mass is 10.2. The summed E-state index contributed by atoms with van der Waals surface area (Å²) in [7, 11) is 1.69. The van der Waals surface area contributed by atoms with E-state index in [1.54, 1.807) is 13.3 Å². The maximum Gasteiger partial charge on any atom is 0.191 e. The van der Waals surface area contributed by atoms with Gasteiger partial charge in [-0.05, 0) is 38.0 Å². The van der Waals surface area contributed by atoms with Crippen LogP contribution in [0.15, 0.2) is 41.9 Å². The van der Waals surface area contributed by atoms with E-state index in [2.05, 4.69) is 32.0 Å². The van der Waals surface area contributed by atoms with Crippen LogP contribution in [-0.4, -0.2) is 54.8 Å². The number of benzene rings is 1. The highest BCUT2D eigenvalue weighted by Gasteiger charge is 2.25. The van der Waals surface area contributed by atoms with Crippen molar-refractivity contribution in [2.24, 2.45) is 4.99 Å². The molecule has 7 nitrogen and oxygen atoms in total. The van der Waals surface area contributed by atoms with Crippen molar-refractivity contribution in [3.05, 3.63) is 41.9 Å². The molecular formula is C20H29ClN6O. The molecule has 2 aromatic rings. The van der Waals surface area contributed by atoms with Gasteiger partial charge in [-0.25, -0.2) is 4.98 Å². The first kappa shape index (κ1) is 20.3. The Morgan fingerprint density at radius 1 is 1.43 bits per heavy atom. The van der Waals surface area contributed by atoms with Crippen molar-refractivity contribution in [3.63, 3.8) is 0 Å². The number of nitrogens with zero attached hydrogens (tertiary/aromatic N) is 4. The van der Waals surface area contributed by atoms with E-state index in [9.17, 15) is 0 Å². The second-order valence-corrected chi connectivity index (χ2v) is 7.24. The summed E-state index contributed by atoms with van der Waals surface area (Å²) in [5, 5.41) is 7.63. The Kier molecular flexibility index (Phi) is 7.42. The predicted molar refractivity (Wildman–Crippen MR) is 115 cm³/mol. The third-order valence-electron chi connectivity index (χ3n) is 4.76. The van der Waals surface area contributed by atoms with Gasteiger partial charge in [0.1, 0.15) is 5.75 Å². The molecule has 1 aliphatic heterocycles. The molecular weight excluding hydrogens is 376 g/mol. The molecule has 0 saturated carbocycles. The second kappa shape index (κ2) is 10.2. The smallest absolute Gasteiger partial charge is 0.191 e. The molecule has 1 aliphatic rings. The van der Waals surface area contributed by atoms with Gasteiger partial charge in [0.05, 0.1) is 19.1 Å². The van der Waals surface area contributed by atoms with Crippen LogP contribution in [0.4, 0.5) is 5.69 Å². The van der Waals surface area contributed by atoms with Gasteiger partial charge in [-0.3, -0.25) is 4.99 Å². The minimum atomic E-state index is 0.329. The SMILES string of the molecule is CCNC(=NCCCn1ccnc1)NC1CCN(c2cc(Cl)ccc2OC)C1. The van der Waals surface area contributed by atoms with Crippen LogP contribution in [0.3, 0.4) is 0 Å². The van der Waals surface area contributed by atoms with Crippen molar-refractivity contribution >= 4 is 23.2 Å². The fourth-order valence-corrected chi connectivity index (χ4v) is 3.55. The molecule has 3 rings (SSSR count). The number of ether oxygens (including phenoxy) is 1. The molecule has 0 bridgehead atoms. The molecule has 1 unspecified atom stereocenters. The van der Waals surface area contributed by atoms with E-state index in [-0.39, 0.29) is 0 Å². The van der Waals surface area contributed by atoms with E-state index in [1.807, 2.05) is 30.7 Å². The number of aryl methyl sites for hydroxylation is 1. The molecule has 8 heteroatoms. The van der Waals surface area contributed by atoms with Crippen molar-refractivity contribution in [2.75, 3.05) is 38.2 Å².